The molecule has 1 N–H and O–H groups in total. The standard InChI is InChI=1S/C17H20N2O3S/c1-12-2-4-14(23-12)11-18-13-3-5-16(15(10-13)17(20)21)19-6-8-22-9-7-19/h2-5,10,18H,6-9,11H2,1H3,(H,20,21)/p-1. The average Bonchev–Trinajstić information content (AvgIpc) is 2.99. The van der Waals surface area contributed by atoms with Gasteiger partial charge >= 0.3 is 0 Å². The molecule has 5 nitrogen and oxygen atoms in total. The van der Waals surface area contributed by atoms with Gasteiger partial charge in [-0.2, -0.15) is 0 Å². The molecule has 1 saturated heterocycles. The highest BCUT2D eigenvalue weighted by atomic mass is 32.1. The molecule has 0 radical (unpaired) electrons. The number of carboxylic acid groups (broad SMARTS) is 1. The van der Waals surface area contributed by atoms with E-state index in [-0.39, 0.29) is 5.56 Å². The van der Waals surface area contributed by atoms with E-state index >= 15 is 0 Å². The molecule has 0 amide bonds. The summed E-state index contributed by atoms with van der Waals surface area (Å²) in [5.74, 6) is -1.15. The van der Waals surface area contributed by atoms with Crippen molar-refractivity contribution in [2.45, 2.75) is 13.5 Å². The molecule has 0 aliphatic carbocycles. The number of aromatic carboxylic acids is 1. The zero-order valence-electron chi connectivity index (χ0n) is 13.0. The Morgan fingerprint density at radius 3 is 2.74 bits per heavy atom. The van der Waals surface area contributed by atoms with Crippen molar-refractivity contribution in [3.8, 4) is 0 Å². The van der Waals surface area contributed by atoms with Crippen LogP contribution in [0.2, 0.25) is 0 Å². The van der Waals surface area contributed by atoms with Crippen LogP contribution in [0.1, 0.15) is 20.1 Å². The van der Waals surface area contributed by atoms with Gasteiger partial charge in [-0.1, -0.05) is 0 Å². The number of thiophene rings is 1. The number of morpholine rings is 1. The minimum atomic E-state index is -1.15. The summed E-state index contributed by atoms with van der Waals surface area (Å²) in [6.07, 6.45) is 0. The van der Waals surface area contributed by atoms with Crippen LogP contribution in [0.4, 0.5) is 11.4 Å². The molecule has 3 rings (SSSR count). The lowest BCUT2D eigenvalue weighted by Gasteiger charge is -2.31. The van der Waals surface area contributed by atoms with Crippen molar-refractivity contribution in [3.63, 3.8) is 0 Å². The molecular weight excluding hydrogens is 312 g/mol. The molecule has 2 aromatic rings. The van der Waals surface area contributed by atoms with Crippen LogP contribution < -0.4 is 15.3 Å². The second-order valence-electron chi connectivity index (χ2n) is 5.48. The summed E-state index contributed by atoms with van der Waals surface area (Å²) in [5, 5.41) is 14.8. The summed E-state index contributed by atoms with van der Waals surface area (Å²) in [6, 6.07) is 9.57. The second-order valence-corrected chi connectivity index (χ2v) is 6.86. The molecule has 1 aromatic carbocycles. The van der Waals surface area contributed by atoms with Gasteiger partial charge in [-0.15, -0.1) is 11.3 Å². The Morgan fingerprint density at radius 2 is 2.09 bits per heavy atom. The molecule has 0 atom stereocenters. The molecule has 1 fully saturated rings. The van der Waals surface area contributed by atoms with Crippen molar-refractivity contribution >= 4 is 28.7 Å². The van der Waals surface area contributed by atoms with Gasteiger partial charge in [0.15, 0.2) is 0 Å². The summed E-state index contributed by atoms with van der Waals surface area (Å²) >= 11 is 1.73. The van der Waals surface area contributed by atoms with Gasteiger partial charge in [-0.25, -0.2) is 0 Å². The van der Waals surface area contributed by atoms with E-state index in [0.717, 1.165) is 5.69 Å². The van der Waals surface area contributed by atoms with Crippen molar-refractivity contribution in [1.82, 2.24) is 0 Å². The minimum absolute atomic E-state index is 0.222. The lowest BCUT2D eigenvalue weighted by molar-refractivity contribution is -0.254. The first-order chi connectivity index (χ1) is 11.1. The van der Waals surface area contributed by atoms with E-state index in [9.17, 15) is 9.90 Å². The van der Waals surface area contributed by atoms with Crippen LogP contribution in [-0.4, -0.2) is 32.3 Å². The molecule has 1 aromatic heterocycles. The van der Waals surface area contributed by atoms with E-state index in [1.807, 2.05) is 17.0 Å². The first-order valence-electron chi connectivity index (χ1n) is 7.61. The molecule has 6 heteroatoms. The third-order valence-electron chi connectivity index (χ3n) is 3.83. The quantitative estimate of drug-likeness (QED) is 0.906. The first-order valence-corrected chi connectivity index (χ1v) is 8.42. The monoisotopic (exact) mass is 331 g/mol. The highest BCUT2D eigenvalue weighted by Gasteiger charge is 2.15. The molecular formula is C17H19N2O3S-. The molecule has 23 heavy (non-hydrogen) atoms. The Hall–Kier alpha value is -2.05. The van der Waals surface area contributed by atoms with E-state index in [0.29, 0.717) is 38.5 Å². The zero-order valence-corrected chi connectivity index (χ0v) is 13.8. The van der Waals surface area contributed by atoms with E-state index < -0.39 is 5.97 Å². The minimum Gasteiger partial charge on any atom is -0.545 e. The summed E-state index contributed by atoms with van der Waals surface area (Å²) in [6.45, 7) is 5.37. The smallest absolute Gasteiger partial charge is 0.0736 e. The number of carboxylic acids is 1. The Kier molecular flexibility index (Phi) is 4.83. The van der Waals surface area contributed by atoms with E-state index in [1.54, 1.807) is 17.4 Å². The Balaban J connectivity index is 1.77. The maximum Gasteiger partial charge on any atom is 0.0736 e. The summed E-state index contributed by atoms with van der Waals surface area (Å²) in [5.41, 5.74) is 1.71. The fraction of sp³-hybridized carbons (Fsp3) is 0.353. The van der Waals surface area contributed by atoms with Crippen LogP contribution in [0, 0.1) is 6.92 Å². The van der Waals surface area contributed by atoms with E-state index in [4.69, 9.17) is 4.74 Å². The number of ether oxygens (including phenoxy) is 1. The Bertz CT molecular complexity index is 693. The van der Waals surface area contributed by atoms with Gasteiger partial charge in [0.2, 0.25) is 0 Å². The molecule has 0 saturated carbocycles. The number of hydrogen-bond acceptors (Lipinski definition) is 6. The molecule has 0 unspecified atom stereocenters. The molecule has 2 heterocycles. The van der Waals surface area contributed by atoms with Crippen molar-refractivity contribution in [2.75, 3.05) is 36.5 Å². The molecule has 122 valence electrons. The van der Waals surface area contributed by atoms with Gasteiger partial charge in [-0.05, 0) is 37.3 Å². The first kappa shape index (κ1) is 15.8. The number of carbonyl (C=O) groups is 1. The number of benzene rings is 1. The number of rotatable bonds is 5. The third-order valence-corrected chi connectivity index (χ3v) is 4.83. The van der Waals surface area contributed by atoms with Crippen LogP contribution in [0.25, 0.3) is 0 Å². The number of anilines is 2. The second kappa shape index (κ2) is 7.02. The van der Waals surface area contributed by atoms with Crippen molar-refractivity contribution in [1.29, 1.82) is 0 Å². The van der Waals surface area contributed by atoms with Gasteiger partial charge in [0.1, 0.15) is 0 Å². The highest BCUT2D eigenvalue weighted by molar-refractivity contribution is 7.11. The number of carbonyl (C=O) groups excluding carboxylic acids is 1. The predicted octanol–water partition coefficient (Wildman–Crippen LogP) is 1.87. The Labute approximate surface area is 139 Å². The number of nitrogens with one attached hydrogen (secondary N) is 1. The lowest BCUT2D eigenvalue weighted by atomic mass is 10.1. The third kappa shape index (κ3) is 3.83. The maximum atomic E-state index is 11.5. The average molecular weight is 331 g/mol. The fourth-order valence-electron chi connectivity index (χ4n) is 2.66. The van der Waals surface area contributed by atoms with Crippen LogP contribution >= 0.6 is 11.3 Å². The summed E-state index contributed by atoms with van der Waals surface area (Å²) in [7, 11) is 0. The molecule has 1 aliphatic rings. The lowest BCUT2D eigenvalue weighted by Crippen LogP contribution is -2.38. The van der Waals surface area contributed by atoms with E-state index in [2.05, 4.69) is 24.4 Å². The van der Waals surface area contributed by atoms with Gasteiger partial charge in [0.25, 0.3) is 0 Å². The summed E-state index contributed by atoms with van der Waals surface area (Å²) in [4.78, 5) is 16.0. The Morgan fingerprint density at radius 1 is 1.30 bits per heavy atom. The largest absolute Gasteiger partial charge is 0.545 e. The van der Waals surface area contributed by atoms with Gasteiger partial charge < -0.3 is 24.9 Å². The zero-order chi connectivity index (χ0) is 16.2. The summed E-state index contributed by atoms with van der Waals surface area (Å²) < 4.78 is 5.32. The van der Waals surface area contributed by atoms with Crippen molar-refractivity contribution in [2.24, 2.45) is 0 Å². The molecule has 1 aliphatic heterocycles. The van der Waals surface area contributed by atoms with Crippen LogP contribution in [0.5, 0.6) is 0 Å². The predicted molar refractivity (Wildman–Crippen MR) is 90.2 cm³/mol. The fourth-order valence-corrected chi connectivity index (χ4v) is 3.49. The van der Waals surface area contributed by atoms with Crippen LogP contribution in [-0.2, 0) is 11.3 Å². The normalized spacial score (nSPS) is 14.7. The number of hydrogen-bond donors (Lipinski definition) is 1. The van der Waals surface area contributed by atoms with Gasteiger partial charge in [-0.3, -0.25) is 0 Å². The topological polar surface area (TPSA) is 64.6 Å². The van der Waals surface area contributed by atoms with Crippen LogP contribution in [0.15, 0.2) is 30.3 Å². The van der Waals surface area contributed by atoms with E-state index in [1.165, 1.54) is 9.75 Å². The number of nitrogens with zero attached hydrogens (tertiary/aromatic N) is 1. The van der Waals surface area contributed by atoms with Gasteiger partial charge in [0, 0.05) is 46.3 Å². The van der Waals surface area contributed by atoms with Crippen LogP contribution in [0.3, 0.4) is 0 Å². The SMILES string of the molecule is Cc1ccc(CNc2ccc(N3CCOCC3)c(C(=O)[O-])c2)s1. The maximum absolute atomic E-state index is 11.5. The van der Waals surface area contributed by atoms with Gasteiger partial charge in [0.05, 0.1) is 19.2 Å². The highest BCUT2D eigenvalue weighted by Crippen LogP contribution is 2.25. The molecule has 0 spiro atoms. The molecule has 0 bridgehead atoms. The van der Waals surface area contributed by atoms with Crippen molar-refractivity contribution < 1.29 is 14.6 Å². The number of aryl methyl sites for hydroxylation is 1. The van der Waals surface area contributed by atoms with Crippen molar-refractivity contribution in [3.05, 3.63) is 45.6 Å².